The van der Waals surface area contributed by atoms with Crippen molar-refractivity contribution >= 4 is 33.2 Å². The zero-order valence-electron chi connectivity index (χ0n) is 12.3. The maximum Gasteiger partial charge on any atom is 0.150 e. The quantitative estimate of drug-likeness (QED) is 0.791. The molecule has 1 aliphatic rings. The van der Waals surface area contributed by atoms with E-state index in [2.05, 4.69) is 17.0 Å². The van der Waals surface area contributed by atoms with Crippen LogP contribution >= 0.6 is 23.4 Å². The van der Waals surface area contributed by atoms with Gasteiger partial charge in [-0.3, -0.25) is 4.90 Å². The largest absolute Gasteiger partial charge is 0.295 e. The summed E-state index contributed by atoms with van der Waals surface area (Å²) in [6.07, 6.45) is 0.713. The highest BCUT2D eigenvalue weighted by atomic mass is 35.5. The van der Waals surface area contributed by atoms with Gasteiger partial charge in [-0.05, 0) is 30.7 Å². The smallest absolute Gasteiger partial charge is 0.150 e. The van der Waals surface area contributed by atoms with Gasteiger partial charge < -0.3 is 0 Å². The minimum absolute atomic E-state index is 0.240. The first-order valence-corrected chi connectivity index (χ1v) is 10.6. The molecule has 21 heavy (non-hydrogen) atoms. The second kappa shape index (κ2) is 7.86. The highest BCUT2D eigenvalue weighted by Crippen LogP contribution is 2.30. The Hall–Kier alpha value is -0.230. The summed E-state index contributed by atoms with van der Waals surface area (Å²) >= 11 is 7.91. The Morgan fingerprint density at radius 1 is 1.33 bits per heavy atom. The lowest BCUT2D eigenvalue weighted by Gasteiger charge is -2.35. The third-order valence-corrected chi connectivity index (χ3v) is 6.90. The molecule has 0 spiro atoms. The van der Waals surface area contributed by atoms with E-state index in [1.807, 2.05) is 23.9 Å². The summed E-state index contributed by atoms with van der Waals surface area (Å²) in [5.41, 5.74) is 1.27. The molecule has 1 aliphatic heterocycles. The first kappa shape index (κ1) is 17.1. The van der Waals surface area contributed by atoms with Crippen LogP contribution in [0.1, 0.15) is 24.9 Å². The van der Waals surface area contributed by atoms with Crippen LogP contribution in [-0.2, 0) is 9.84 Å². The molecule has 118 valence electrons. The van der Waals surface area contributed by atoms with Crippen molar-refractivity contribution in [2.24, 2.45) is 0 Å². The van der Waals surface area contributed by atoms with E-state index >= 15 is 0 Å². The van der Waals surface area contributed by atoms with Crippen molar-refractivity contribution in [2.45, 2.75) is 19.4 Å². The molecule has 3 nitrogen and oxygen atoms in total. The van der Waals surface area contributed by atoms with Crippen LogP contribution in [0.3, 0.4) is 0 Å². The normalized spacial score (nSPS) is 20.6. The molecular formula is C15H22ClNO2S2. The molecule has 1 fully saturated rings. The van der Waals surface area contributed by atoms with Crippen LogP contribution in [0.25, 0.3) is 0 Å². The van der Waals surface area contributed by atoms with Crippen molar-refractivity contribution in [3.8, 4) is 0 Å². The van der Waals surface area contributed by atoms with Crippen molar-refractivity contribution in [3.05, 3.63) is 34.9 Å². The summed E-state index contributed by atoms with van der Waals surface area (Å²) in [4.78, 5) is 2.41. The summed E-state index contributed by atoms with van der Waals surface area (Å²) in [6, 6.07) is 8.38. The monoisotopic (exact) mass is 347 g/mol. The van der Waals surface area contributed by atoms with Crippen molar-refractivity contribution in [3.63, 3.8) is 0 Å². The van der Waals surface area contributed by atoms with Crippen molar-refractivity contribution < 1.29 is 8.42 Å². The molecule has 0 N–H and O–H groups in total. The average molecular weight is 348 g/mol. The molecule has 6 heteroatoms. The summed E-state index contributed by atoms with van der Waals surface area (Å²) in [7, 11) is -2.86. The van der Waals surface area contributed by atoms with Crippen LogP contribution in [0, 0.1) is 0 Å². The van der Waals surface area contributed by atoms with Crippen molar-refractivity contribution in [1.82, 2.24) is 4.90 Å². The molecule has 0 saturated carbocycles. The predicted octanol–water partition coefficient (Wildman–Crippen LogP) is 3.25. The minimum atomic E-state index is -2.86. The van der Waals surface area contributed by atoms with Gasteiger partial charge >= 0.3 is 0 Å². The van der Waals surface area contributed by atoms with Gasteiger partial charge in [-0.25, -0.2) is 8.42 Å². The van der Waals surface area contributed by atoms with Crippen LogP contribution in [0.5, 0.6) is 0 Å². The summed E-state index contributed by atoms with van der Waals surface area (Å²) < 4.78 is 23.2. The van der Waals surface area contributed by atoms with Gasteiger partial charge in [0.1, 0.15) is 9.84 Å². The highest BCUT2D eigenvalue weighted by Gasteiger charge is 2.24. The van der Waals surface area contributed by atoms with E-state index in [9.17, 15) is 8.42 Å². The van der Waals surface area contributed by atoms with Gasteiger partial charge in [-0.2, -0.15) is 11.8 Å². The van der Waals surface area contributed by atoms with E-state index in [0.717, 1.165) is 29.6 Å². The van der Waals surface area contributed by atoms with E-state index in [1.165, 1.54) is 5.56 Å². The predicted molar refractivity (Wildman–Crippen MR) is 92.0 cm³/mol. The van der Waals surface area contributed by atoms with Gasteiger partial charge in [-0.1, -0.05) is 30.7 Å². The van der Waals surface area contributed by atoms with Gasteiger partial charge in [0.05, 0.1) is 5.75 Å². The van der Waals surface area contributed by atoms with Crippen LogP contribution < -0.4 is 0 Å². The highest BCUT2D eigenvalue weighted by molar-refractivity contribution is 7.99. The Kier molecular flexibility index (Phi) is 6.41. The average Bonchev–Trinajstić information content (AvgIpc) is 2.49. The van der Waals surface area contributed by atoms with E-state index < -0.39 is 9.84 Å². The zero-order valence-corrected chi connectivity index (χ0v) is 14.7. The lowest BCUT2D eigenvalue weighted by molar-refractivity contribution is 0.222. The van der Waals surface area contributed by atoms with Crippen molar-refractivity contribution in [2.75, 3.05) is 36.1 Å². The van der Waals surface area contributed by atoms with E-state index in [0.29, 0.717) is 18.2 Å². The first-order valence-electron chi connectivity index (χ1n) is 7.29. The zero-order chi connectivity index (χ0) is 15.3. The lowest BCUT2D eigenvalue weighted by Crippen LogP contribution is -2.37. The Labute approximate surface area is 137 Å². The van der Waals surface area contributed by atoms with E-state index in [4.69, 9.17) is 11.6 Å². The number of thioether (sulfide) groups is 1. The van der Waals surface area contributed by atoms with Gasteiger partial charge in [0.25, 0.3) is 0 Å². The third kappa shape index (κ3) is 5.16. The van der Waals surface area contributed by atoms with Gasteiger partial charge in [0.15, 0.2) is 0 Å². The molecule has 0 unspecified atom stereocenters. The number of nitrogens with zero attached hydrogens (tertiary/aromatic N) is 1. The Morgan fingerprint density at radius 3 is 2.71 bits per heavy atom. The van der Waals surface area contributed by atoms with Crippen LogP contribution in [-0.4, -0.2) is 49.4 Å². The fraction of sp³-hybridized carbons (Fsp3) is 0.600. The molecule has 0 radical (unpaired) electrons. The van der Waals surface area contributed by atoms with Crippen molar-refractivity contribution in [1.29, 1.82) is 0 Å². The molecule has 0 bridgehead atoms. The molecule has 1 aromatic carbocycles. The maximum atomic E-state index is 11.6. The number of sulfone groups is 1. The molecular weight excluding hydrogens is 326 g/mol. The molecule has 1 heterocycles. The second-order valence-electron chi connectivity index (χ2n) is 5.27. The summed E-state index contributed by atoms with van der Waals surface area (Å²) in [5, 5.41) is 0.753. The summed E-state index contributed by atoms with van der Waals surface area (Å²) in [6.45, 7) is 3.57. The maximum absolute atomic E-state index is 11.6. The molecule has 0 aliphatic carbocycles. The summed E-state index contributed by atoms with van der Waals surface area (Å²) in [5.74, 6) is 2.71. The number of hydrogen-bond acceptors (Lipinski definition) is 4. The van der Waals surface area contributed by atoms with Crippen LogP contribution in [0.15, 0.2) is 24.3 Å². The van der Waals surface area contributed by atoms with Crippen LogP contribution in [0.2, 0.25) is 5.02 Å². The van der Waals surface area contributed by atoms with Gasteiger partial charge in [0, 0.05) is 34.9 Å². The standard InChI is InChI=1S/C15H22ClNO2S2/c1-2-21(18,19)11-3-8-17-9-10-20-12-15(17)13-4-6-14(16)7-5-13/h4-7,15H,2-3,8-12H2,1H3/t15-/m1/s1. The molecule has 1 saturated heterocycles. The molecule has 1 atom stereocenters. The number of hydrogen-bond donors (Lipinski definition) is 0. The Bertz CT molecular complexity index is 545. The number of rotatable bonds is 6. The van der Waals surface area contributed by atoms with E-state index in [1.54, 1.807) is 6.92 Å². The molecule has 0 aromatic heterocycles. The van der Waals surface area contributed by atoms with Gasteiger partial charge in [0.2, 0.25) is 0 Å². The fourth-order valence-electron chi connectivity index (χ4n) is 2.53. The topological polar surface area (TPSA) is 37.4 Å². The van der Waals surface area contributed by atoms with Crippen LogP contribution in [0.4, 0.5) is 0 Å². The number of halogens is 1. The second-order valence-corrected chi connectivity index (χ2v) is 9.33. The van der Waals surface area contributed by atoms with E-state index in [-0.39, 0.29) is 5.75 Å². The first-order chi connectivity index (χ1) is 10.0. The molecule has 1 aromatic rings. The Morgan fingerprint density at radius 2 is 2.05 bits per heavy atom. The SMILES string of the molecule is CCS(=O)(=O)CCCN1CCSC[C@@H]1c1ccc(Cl)cc1. The van der Waals surface area contributed by atoms with Gasteiger partial charge in [-0.15, -0.1) is 0 Å². The fourth-order valence-corrected chi connectivity index (χ4v) is 4.67. The molecule has 0 amide bonds. The Balaban J connectivity index is 1.97. The molecule has 2 rings (SSSR count). The third-order valence-electron chi connectivity index (χ3n) is 3.83. The minimum Gasteiger partial charge on any atom is -0.295 e. The number of benzene rings is 1. The lowest BCUT2D eigenvalue weighted by atomic mass is 10.1.